The molecule has 1 aromatic carbocycles. The Morgan fingerprint density at radius 2 is 1.75 bits per heavy atom. The van der Waals surface area contributed by atoms with Gasteiger partial charge in [0.25, 0.3) is 0 Å². The lowest BCUT2D eigenvalue weighted by Gasteiger charge is -2.26. The van der Waals surface area contributed by atoms with E-state index in [0.29, 0.717) is 23.9 Å². The van der Waals surface area contributed by atoms with Gasteiger partial charge in [0.05, 0.1) is 13.2 Å². The van der Waals surface area contributed by atoms with E-state index in [0.717, 1.165) is 39.4 Å². The number of ether oxygens (including phenoxy) is 1. The number of anilines is 3. The Morgan fingerprint density at radius 3 is 2.50 bits per heavy atom. The van der Waals surface area contributed by atoms with E-state index in [9.17, 15) is 0 Å². The molecule has 0 unspecified atom stereocenters. The minimum absolute atomic E-state index is 0.551. The average Bonchev–Trinajstić information content (AvgIpc) is 2.64. The fourth-order valence-corrected chi connectivity index (χ4v) is 2.62. The van der Waals surface area contributed by atoms with Gasteiger partial charge in [0, 0.05) is 32.7 Å². The Labute approximate surface area is 142 Å². The van der Waals surface area contributed by atoms with E-state index in [1.54, 1.807) is 0 Å². The summed E-state index contributed by atoms with van der Waals surface area (Å²) in [4.78, 5) is 10.8. The highest BCUT2D eigenvalue weighted by Crippen LogP contribution is 2.22. The lowest BCUT2D eigenvalue weighted by Crippen LogP contribution is -2.39. The summed E-state index contributed by atoms with van der Waals surface area (Å²) in [6, 6.07) is 10.1. The number of nitrogens with zero attached hydrogens (tertiary/aromatic N) is 3. The largest absolute Gasteiger partial charge is 0.393 e. The van der Waals surface area contributed by atoms with E-state index in [4.69, 9.17) is 10.5 Å². The number of nitrogen functional groups attached to an aromatic ring is 1. The maximum atomic E-state index is 6.18. The van der Waals surface area contributed by atoms with Gasteiger partial charge in [-0.1, -0.05) is 30.3 Å². The first-order valence-corrected chi connectivity index (χ1v) is 8.25. The third-order valence-corrected chi connectivity index (χ3v) is 4.01. The van der Waals surface area contributed by atoms with Crippen LogP contribution in [0.1, 0.15) is 5.56 Å². The van der Waals surface area contributed by atoms with Gasteiger partial charge in [-0.2, -0.15) is 0 Å². The summed E-state index contributed by atoms with van der Waals surface area (Å²) in [5, 5.41) is 6.57. The third-order valence-electron chi connectivity index (χ3n) is 4.01. The number of benzene rings is 1. The van der Waals surface area contributed by atoms with Crippen LogP contribution in [0, 0.1) is 0 Å². The lowest BCUT2D eigenvalue weighted by atomic mass is 10.2. The number of aromatic nitrogens is 2. The van der Waals surface area contributed by atoms with Crippen molar-refractivity contribution < 1.29 is 4.74 Å². The molecule has 1 aliphatic heterocycles. The lowest BCUT2D eigenvalue weighted by molar-refractivity contribution is 0.0398. The zero-order valence-electron chi connectivity index (χ0n) is 13.7. The van der Waals surface area contributed by atoms with Crippen LogP contribution in [0.3, 0.4) is 0 Å². The van der Waals surface area contributed by atoms with Crippen molar-refractivity contribution in [3.8, 4) is 0 Å². The molecule has 0 spiro atoms. The van der Waals surface area contributed by atoms with E-state index in [1.165, 1.54) is 11.9 Å². The van der Waals surface area contributed by atoms with Gasteiger partial charge in [0.15, 0.2) is 11.6 Å². The molecular formula is C17H24N6O. The number of hydrogen-bond donors (Lipinski definition) is 3. The van der Waals surface area contributed by atoms with Crippen molar-refractivity contribution in [3.05, 3.63) is 42.2 Å². The second-order valence-corrected chi connectivity index (χ2v) is 5.70. The summed E-state index contributed by atoms with van der Waals surface area (Å²) in [5.41, 5.74) is 7.91. The predicted molar refractivity (Wildman–Crippen MR) is 96.0 cm³/mol. The molecule has 3 rings (SSSR count). The Morgan fingerprint density at radius 1 is 1.04 bits per heavy atom. The van der Waals surface area contributed by atoms with Gasteiger partial charge in [-0.05, 0) is 5.56 Å². The van der Waals surface area contributed by atoms with Gasteiger partial charge in [-0.3, -0.25) is 4.90 Å². The molecule has 2 aromatic rings. The molecule has 0 saturated carbocycles. The molecule has 0 atom stereocenters. The molecule has 1 aromatic heterocycles. The van der Waals surface area contributed by atoms with Crippen LogP contribution >= 0.6 is 0 Å². The second kappa shape index (κ2) is 8.47. The summed E-state index contributed by atoms with van der Waals surface area (Å²) >= 11 is 0. The first-order chi connectivity index (χ1) is 11.8. The van der Waals surface area contributed by atoms with Gasteiger partial charge in [-0.25, -0.2) is 9.97 Å². The van der Waals surface area contributed by atoms with Crippen molar-refractivity contribution in [2.24, 2.45) is 0 Å². The molecular weight excluding hydrogens is 304 g/mol. The summed E-state index contributed by atoms with van der Waals surface area (Å²) in [6.07, 6.45) is 1.53. The molecule has 0 aliphatic carbocycles. The maximum absolute atomic E-state index is 6.18. The molecule has 128 valence electrons. The molecule has 7 nitrogen and oxygen atoms in total. The van der Waals surface area contributed by atoms with Crippen molar-refractivity contribution in [1.29, 1.82) is 0 Å². The van der Waals surface area contributed by atoms with Crippen LogP contribution in [0.2, 0.25) is 0 Å². The maximum Gasteiger partial charge on any atom is 0.155 e. The SMILES string of the molecule is Nc1c(NCCN2CCOCC2)ncnc1NCc1ccccc1. The standard InChI is InChI=1S/C17H24N6O/c18-15-16(19-6-7-23-8-10-24-11-9-23)21-13-22-17(15)20-12-14-4-2-1-3-5-14/h1-5,13H,6-12,18H2,(H2,19,20,21,22). The Balaban J connectivity index is 1.52. The monoisotopic (exact) mass is 328 g/mol. The predicted octanol–water partition coefficient (Wildman–Crippen LogP) is 1.42. The minimum Gasteiger partial charge on any atom is -0.393 e. The van der Waals surface area contributed by atoms with Gasteiger partial charge in [0.2, 0.25) is 0 Å². The quantitative estimate of drug-likeness (QED) is 0.708. The molecule has 1 saturated heterocycles. The molecule has 1 aliphatic rings. The topological polar surface area (TPSA) is 88.3 Å². The zero-order valence-corrected chi connectivity index (χ0v) is 13.7. The fraction of sp³-hybridized carbons (Fsp3) is 0.412. The molecule has 0 radical (unpaired) electrons. The number of nitrogens with two attached hydrogens (primary N) is 1. The van der Waals surface area contributed by atoms with Gasteiger partial charge in [-0.15, -0.1) is 0 Å². The molecule has 0 bridgehead atoms. The molecule has 2 heterocycles. The van der Waals surface area contributed by atoms with Gasteiger partial charge >= 0.3 is 0 Å². The average molecular weight is 328 g/mol. The van der Waals surface area contributed by atoms with Crippen molar-refractivity contribution in [1.82, 2.24) is 14.9 Å². The van der Waals surface area contributed by atoms with Crippen LogP contribution in [0.15, 0.2) is 36.7 Å². The molecule has 1 fully saturated rings. The summed E-state index contributed by atoms with van der Waals surface area (Å²) in [7, 11) is 0. The van der Waals surface area contributed by atoms with E-state index < -0.39 is 0 Å². The first kappa shape index (κ1) is 16.5. The molecule has 7 heteroatoms. The highest BCUT2D eigenvalue weighted by atomic mass is 16.5. The summed E-state index contributed by atoms with van der Waals surface area (Å²) in [6.45, 7) is 5.98. The number of rotatable bonds is 7. The Hall–Kier alpha value is -2.38. The summed E-state index contributed by atoms with van der Waals surface area (Å²) < 4.78 is 5.35. The van der Waals surface area contributed by atoms with Crippen molar-refractivity contribution in [3.63, 3.8) is 0 Å². The highest BCUT2D eigenvalue weighted by Gasteiger charge is 2.11. The molecule has 0 amide bonds. The smallest absolute Gasteiger partial charge is 0.155 e. The van der Waals surface area contributed by atoms with Crippen LogP contribution in [-0.2, 0) is 11.3 Å². The van der Waals surface area contributed by atoms with Gasteiger partial charge in [0.1, 0.15) is 12.0 Å². The van der Waals surface area contributed by atoms with Crippen LogP contribution in [0.5, 0.6) is 0 Å². The van der Waals surface area contributed by atoms with Gasteiger partial charge < -0.3 is 21.1 Å². The Kier molecular flexibility index (Phi) is 5.81. The molecule has 24 heavy (non-hydrogen) atoms. The normalized spacial score (nSPS) is 15.2. The van der Waals surface area contributed by atoms with Crippen LogP contribution < -0.4 is 16.4 Å². The van der Waals surface area contributed by atoms with Crippen molar-refractivity contribution in [2.75, 3.05) is 55.8 Å². The van der Waals surface area contributed by atoms with E-state index in [2.05, 4.69) is 37.6 Å². The van der Waals surface area contributed by atoms with Crippen LogP contribution in [-0.4, -0.2) is 54.3 Å². The third kappa shape index (κ3) is 4.56. The van der Waals surface area contributed by atoms with Crippen molar-refractivity contribution in [2.45, 2.75) is 6.54 Å². The minimum atomic E-state index is 0.551. The first-order valence-electron chi connectivity index (χ1n) is 8.25. The Bertz CT molecular complexity index is 630. The van der Waals surface area contributed by atoms with E-state index in [-0.39, 0.29) is 0 Å². The number of nitrogens with one attached hydrogen (secondary N) is 2. The fourth-order valence-electron chi connectivity index (χ4n) is 2.62. The number of morpholine rings is 1. The highest BCUT2D eigenvalue weighted by molar-refractivity contribution is 5.73. The van der Waals surface area contributed by atoms with E-state index >= 15 is 0 Å². The van der Waals surface area contributed by atoms with Crippen LogP contribution in [0.4, 0.5) is 17.3 Å². The van der Waals surface area contributed by atoms with Crippen molar-refractivity contribution >= 4 is 17.3 Å². The zero-order chi connectivity index (χ0) is 16.6. The number of hydrogen-bond acceptors (Lipinski definition) is 7. The van der Waals surface area contributed by atoms with E-state index in [1.807, 2.05) is 18.2 Å². The second-order valence-electron chi connectivity index (χ2n) is 5.70. The summed E-state index contributed by atoms with van der Waals surface area (Å²) in [5.74, 6) is 1.33. The molecule has 4 N–H and O–H groups in total. The van der Waals surface area contributed by atoms with Crippen LogP contribution in [0.25, 0.3) is 0 Å².